The third kappa shape index (κ3) is 2.86. The van der Waals surface area contributed by atoms with Gasteiger partial charge in [0.2, 0.25) is 0 Å². The summed E-state index contributed by atoms with van der Waals surface area (Å²) in [6.07, 6.45) is 2.05. The lowest BCUT2D eigenvalue weighted by molar-refractivity contribution is -0.138. The van der Waals surface area contributed by atoms with Crippen LogP contribution in [-0.4, -0.2) is 41.7 Å². The first-order chi connectivity index (χ1) is 5.18. The number of hydrogen-bond donors (Lipinski definition) is 2. The normalized spacial score (nSPS) is 26.8. The summed E-state index contributed by atoms with van der Waals surface area (Å²) in [5.41, 5.74) is 5.67. The highest BCUT2D eigenvalue weighted by Crippen LogP contribution is 2.06. The Kier molecular flexibility index (Phi) is 2.84. The van der Waals surface area contributed by atoms with Crippen LogP contribution in [0.3, 0.4) is 0 Å². The van der Waals surface area contributed by atoms with E-state index in [4.69, 9.17) is 10.8 Å². The Balaban J connectivity index is 2.28. The van der Waals surface area contributed by atoms with Gasteiger partial charge in [-0.1, -0.05) is 0 Å². The van der Waals surface area contributed by atoms with Crippen molar-refractivity contribution in [1.82, 2.24) is 4.90 Å². The molecule has 0 aromatic carbocycles. The average molecular weight is 158 g/mol. The Morgan fingerprint density at radius 3 is 3.00 bits per heavy atom. The summed E-state index contributed by atoms with van der Waals surface area (Å²) < 4.78 is 0. The number of likely N-dealkylation sites (tertiary alicyclic amines) is 1. The second kappa shape index (κ2) is 3.69. The highest BCUT2D eigenvalue weighted by Gasteiger charge is 2.17. The largest absolute Gasteiger partial charge is 0.480 e. The zero-order chi connectivity index (χ0) is 8.27. The van der Waals surface area contributed by atoms with E-state index >= 15 is 0 Å². The fourth-order valence-electron chi connectivity index (χ4n) is 1.43. The first-order valence-corrected chi connectivity index (χ1v) is 3.88. The summed E-state index contributed by atoms with van der Waals surface area (Å²) in [7, 11) is 0. The first-order valence-electron chi connectivity index (χ1n) is 3.88. The van der Waals surface area contributed by atoms with Crippen LogP contribution >= 0.6 is 0 Å². The number of piperidine rings is 1. The average Bonchev–Trinajstić information content (AvgIpc) is 1.85. The van der Waals surface area contributed by atoms with E-state index < -0.39 is 5.97 Å². The molecule has 3 N–H and O–H groups in total. The van der Waals surface area contributed by atoms with Gasteiger partial charge in [0.1, 0.15) is 0 Å². The van der Waals surface area contributed by atoms with Crippen molar-refractivity contribution in [3.05, 3.63) is 0 Å². The van der Waals surface area contributed by atoms with Gasteiger partial charge in [-0.05, 0) is 19.4 Å². The van der Waals surface area contributed by atoms with Gasteiger partial charge in [-0.2, -0.15) is 0 Å². The molecular formula is C7H14N2O2. The van der Waals surface area contributed by atoms with E-state index in [1.165, 1.54) is 0 Å². The smallest absolute Gasteiger partial charge is 0.317 e. The molecule has 1 unspecified atom stereocenters. The summed E-state index contributed by atoms with van der Waals surface area (Å²) in [4.78, 5) is 12.2. The lowest BCUT2D eigenvalue weighted by Crippen LogP contribution is -2.44. The molecule has 0 bridgehead atoms. The monoisotopic (exact) mass is 158 g/mol. The molecule has 0 aliphatic carbocycles. The summed E-state index contributed by atoms with van der Waals surface area (Å²) >= 11 is 0. The molecule has 1 aliphatic heterocycles. The van der Waals surface area contributed by atoms with Crippen LogP contribution in [0.25, 0.3) is 0 Å². The lowest BCUT2D eigenvalue weighted by Gasteiger charge is -2.28. The third-order valence-electron chi connectivity index (χ3n) is 1.90. The number of carbonyl (C=O) groups is 1. The van der Waals surface area contributed by atoms with E-state index in [-0.39, 0.29) is 12.6 Å². The maximum atomic E-state index is 10.3. The van der Waals surface area contributed by atoms with Gasteiger partial charge in [-0.15, -0.1) is 0 Å². The van der Waals surface area contributed by atoms with E-state index in [0.717, 1.165) is 25.9 Å². The summed E-state index contributed by atoms with van der Waals surface area (Å²) in [6.45, 7) is 1.74. The van der Waals surface area contributed by atoms with Crippen molar-refractivity contribution in [3.8, 4) is 0 Å². The van der Waals surface area contributed by atoms with Crippen LogP contribution in [0.1, 0.15) is 12.8 Å². The van der Waals surface area contributed by atoms with Crippen LogP contribution in [-0.2, 0) is 4.79 Å². The predicted molar refractivity (Wildman–Crippen MR) is 41.3 cm³/mol. The molecule has 1 fully saturated rings. The fourth-order valence-corrected chi connectivity index (χ4v) is 1.43. The van der Waals surface area contributed by atoms with Gasteiger partial charge in [0, 0.05) is 12.6 Å². The van der Waals surface area contributed by atoms with Crippen LogP contribution in [0.5, 0.6) is 0 Å². The van der Waals surface area contributed by atoms with Crippen molar-refractivity contribution in [3.63, 3.8) is 0 Å². The minimum atomic E-state index is -0.765. The Hall–Kier alpha value is -0.610. The van der Waals surface area contributed by atoms with Crippen LogP contribution < -0.4 is 5.73 Å². The molecular weight excluding hydrogens is 144 g/mol. The third-order valence-corrected chi connectivity index (χ3v) is 1.90. The van der Waals surface area contributed by atoms with Crippen molar-refractivity contribution in [2.45, 2.75) is 18.9 Å². The second-order valence-corrected chi connectivity index (χ2v) is 3.03. The lowest BCUT2D eigenvalue weighted by atomic mass is 10.1. The van der Waals surface area contributed by atoms with Crippen molar-refractivity contribution in [2.24, 2.45) is 5.73 Å². The summed E-state index contributed by atoms with van der Waals surface area (Å²) in [5.74, 6) is -0.765. The standard InChI is InChI=1S/C7H14N2O2/c8-6-2-1-3-9(4-6)5-7(10)11/h6H,1-5,8H2,(H,10,11). The first kappa shape index (κ1) is 8.49. The van der Waals surface area contributed by atoms with Crippen molar-refractivity contribution >= 4 is 5.97 Å². The van der Waals surface area contributed by atoms with Crippen molar-refractivity contribution < 1.29 is 9.90 Å². The van der Waals surface area contributed by atoms with Crippen LogP contribution in [0.4, 0.5) is 0 Å². The Labute approximate surface area is 66.0 Å². The molecule has 0 aromatic heterocycles. The van der Waals surface area contributed by atoms with E-state index in [1.54, 1.807) is 0 Å². The maximum Gasteiger partial charge on any atom is 0.317 e. The van der Waals surface area contributed by atoms with E-state index in [0.29, 0.717) is 0 Å². The highest BCUT2D eigenvalue weighted by atomic mass is 16.4. The molecule has 1 heterocycles. The number of carboxylic acids is 1. The highest BCUT2D eigenvalue weighted by molar-refractivity contribution is 5.69. The quantitative estimate of drug-likeness (QED) is 0.568. The zero-order valence-corrected chi connectivity index (χ0v) is 6.49. The molecule has 0 spiro atoms. The zero-order valence-electron chi connectivity index (χ0n) is 6.49. The Bertz CT molecular complexity index is 149. The van der Waals surface area contributed by atoms with E-state index in [9.17, 15) is 4.79 Å². The van der Waals surface area contributed by atoms with Gasteiger partial charge in [-0.3, -0.25) is 9.69 Å². The Morgan fingerprint density at radius 1 is 1.73 bits per heavy atom. The second-order valence-electron chi connectivity index (χ2n) is 3.03. The minimum Gasteiger partial charge on any atom is -0.480 e. The molecule has 4 heteroatoms. The number of aliphatic carboxylic acids is 1. The molecule has 1 rings (SSSR count). The SMILES string of the molecule is NC1CCCN(CC(=O)O)C1. The molecule has 0 amide bonds. The van der Waals surface area contributed by atoms with E-state index in [1.807, 2.05) is 4.90 Å². The molecule has 0 saturated carbocycles. The number of nitrogens with two attached hydrogens (primary N) is 1. The molecule has 4 nitrogen and oxygen atoms in total. The number of hydrogen-bond acceptors (Lipinski definition) is 3. The predicted octanol–water partition coefficient (Wildman–Crippen LogP) is -0.506. The van der Waals surface area contributed by atoms with E-state index in [2.05, 4.69) is 0 Å². The number of rotatable bonds is 2. The van der Waals surface area contributed by atoms with Crippen LogP contribution in [0.15, 0.2) is 0 Å². The molecule has 1 atom stereocenters. The summed E-state index contributed by atoms with van der Waals surface area (Å²) in [5, 5.41) is 8.47. The molecule has 11 heavy (non-hydrogen) atoms. The molecule has 1 saturated heterocycles. The van der Waals surface area contributed by atoms with Gasteiger partial charge in [0.15, 0.2) is 0 Å². The fraction of sp³-hybridized carbons (Fsp3) is 0.857. The van der Waals surface area contributed by atoms with Crippen molar-refractivity contribution in [2.75, 3.05) is 19.6 Å². The molecule has 0 aromatic rings. The van der Waals surface area contributed by atoms with Crippen molar-refractivity contribution in [1.29, 1.82) is 0 Å². The van der Waals surface area contributed by atoms with Crippen LogP contribution in [0, 0.1) is 0 Å². The molecule has 64 valence electrons. The van der Waals surface area contributed by atoms with Crippen LogP contribution in [0.2, 0.25) is 0 Å². The van der Waals surface area contributed by atoms with Gasteiger partial charge < -0.3 is 10.8 Å². The minimum absolute atomic E-state index is 0.133. The number of carboxylic acid groups (broad SMARTS) is 1. The summed E-state index contributed by atoms with van der Waals surface area (Å²) in [6, 6.07) is 0.170. The maximum absolute atomic E-state index is 10.3. The number of nitrogens with zero attached hydrogens (tertiary/aromatic N) is 1. The topological polar surface area (TPSA) is 66.6 Å². The molecule has 1 aliphatic rings. The van der Waals surface area contributed by atoms with Gasteiger partial charge in [0.05, 0.1) is 6.54 Å². The Morgan fingerprint density at radius 2 is 2.45 bits per heavy atom. The molecule has 0 radical (unpaired) electrons. The van der Waals surface area contributed by atoms with Gasteiger partial charge in [0.25, 0.3) is 0 Å². The van der Waals surface area contributed by atoms with Gasteiger partial charge >= 0.3 is 5.97 Å². The van der Waals surface area contributed by atoms with Gasteiger partial charge in [-0.25, -0.2) is 0 Å².